The summed E-state index contributed by atoms with van der Waals surface area (Å²) in [6.07, 6.45) is 7.06. The molecule has 5 nitrogen and oxygen atoms in total. The van der Waals surface area contributed by atoms with E-state index in [1.165, 1.54) is 5.56 Å². The Morgan fingerprint density at radius 2 is 1.81 bits per heavy atom. The number of hydrogen-bond donors (Lipinski definition) is 1. The van der Waals surface area contributed by atoms with E-state index >= 15 is 0 Å². The van der Waals surface area contributed by atoms with Gasteiger partial charge < -0.3 is 5.32 Å². The first-order valence-electron chi connectivity index (χ1n) is 11.2. The number of piperidine rings is 1. The average molecular weight is 415 g/mol. The molecule has 5 heteroatoms. The lowest BCUT2D eigenvalue weighted by Gasteiger charge is -2.31. The number of rotatable bonds is 8. The van der Waals surface area contributed by atoms with E-state index in [4.69, 9.17) is 0 Å². The van der Waals surface area contributed by atoms with Crippen molar-refractivity contribution in [2.75, 3.05) is 18.4 Å². The highest BCUT2D eigenvalue weighted by Gasteiger charge is 2.22. The van der Waals surface area contributed by atoms with Gasteiger partial charge in [-0.3, -0.25) is 9.69 Å². The van der Waals surface area contributed by atoms with Crippen molar-refractivity contribution in [1.82, 2.24) is 14.9 Å². The number of ketones is 1. The zero-order valence-electron chi connectivity index (χ0n) is 18.1. The van der Waals surface area contributed by atoms with Gasteiger partial charge in [-0.25, -0.2) is 9.97 Å². The van der Waals surface area contributed by atoms with Gasteiger partial charge in [0.1, 0.15) is 12.1 Å². The van der Waals surface area contributed by atoms with Crippen molar-refractivity contribution < 1.29 is 4.79 Å². The Hall–Kier alpha value is -3.05. The second-order valence-corrected chi connectivity index (χ2v) is 8.28. The molecular weight excluding hydrogens is 384 g/mol. The molecule has 2 aromatic carbocycles. The molecule has 160 valence electrons. The van der Waals surface area contributed by atoms with E-state index in [2.05, 4.69) is 57.4 Å². The van der Waals surface area contributed by atoms with E-state index in [9.17, 15) is 4.79 Å². The Morgan fingerprint density at radius 3 is 2.52 bits per heavy atom. The van der Waals surface area contributed by atoms with Crippen LogP contribution in [0.15, 0.2) is 67.1 Å². The first-order valence-corrected chi connectivity index (χ1v) is 11.2. The summed E-state index contributed by atoms with van der Waals surface area (Å²) < 4.78 is 0. The Labute approximate surface area is 184 Å². The second-order valence-electron chi connectivity index (χ2n) is 8.28. The number of benzene rings is 2. The van der Waals surface area contributed by atoms with Crippen LogP contribution < -0.4 is 5.32 Å². The summed E-state index contributed by atoms with van der Waals surface area (Å²) in [6.45, 7) is 5.21. The minimum atomic E-state index is 0.240. The molecule has 1 aliphatic heterocycles. The van der Waals surface area contributed by atoms with Crippen molar-refractivity contribution in [3.63, 3.8) is 0 Å². The van der Waals surface area contributed by atoms with E-state index in [1.807, 2.05) is 30.5 Å². The molecule has 1 aliphatic rings. The molecule has 0 unspecified atom stereocenters. The maximum atomic E-state index is 12.8. The van der Waals surface area contributed by atoms with Crippen molar-refractivity contribution in [2.45, 2.75) is 39.2 Å². The molecule has 0 bridgehead atoms. The summed E-state index contributed by atoms with van der Waals surface area (Å²) in [4.78, 5) is 23.7. The number of aromatic nitrogens is 2. The summed E-state index contributed by atoms with van der Waals surface area (Å²) in [5.41, 5.74) is 4.15. The van der Waals surface area contributed by atoms with Crippen LogP contribution in [0.25, 0.3) is 0 Å². The molecule has 3 aromatic rings. The Balaban J connectivity index is 1.27. The fourth-order valence-electron chi connectivity index (χ4n) is 4.18. The van der Waals surface area contributed by atoms with Crippen molar-refractivity contribution >= 4 is 17.3 Å². The van der Waals surface area contributed by atoms with Crippen LogP contribution in [0.4, 0.5) is 11.5 Å². The number of carbonyl (C=O) groups is 1. The molecule has 0 radical (unpaired) electrons. The molecule has 0 aliphatic carbocycles. The largest absolute Gasteiger partial charge is 0.340 e. The third-order valence-corrected chi connectivity index (χ3v) is 6.07. The van der Waals surface area contributed by atoms with Crippen molar-refractivity contribution in [2.24, 2.45) is 5.92 Å². The van der Waals surface area contributed by atoms with Crippen molar-refractivity contribution in [1.29, 1.82) is 0 Å². The molecule has 1 aromatic heterocycles. The molecule has 2 heterocycles. The van der Waals surface area contributed by atoms with Gasteiger partial charge in [-0.2, -0.15) is 0 Å². The quantitative estimate of drug-likeness (QED) is 0.509. The topological polar surface area (TPSA) is 58.1 Å². The monoisotopic (exact) mass is 414 g/mol. The number of nitrogens with zero attached hydrogens (tertiary/aromatic N) is 3. The van der Waals surface area contributed by atoms with E-state index < -0.39 is 0 Å². The normalized spacial score (nSPS) is 15.0. The maximum absolute atomic E-state index is 12.8. The van der Waals surface area contributed by atoms with Gasteiger partial charge in [-0.1, -0.05) is 37.3 Å². The van der Waals surface area contributed by atoms with Gasteiger partial charge in [0.15, 0.2) is 5.78 Å². The van der Waals surface area contributed by atoms with Crippen LogP contribution in [0.2, 0.25) is 0 Å². The van der Waals surface area contributed by atoms with Crippen molar-refractivity contribution in [3.8, 4) is 0 Å². The predicted molar refractivity (Wildman–Crippen MR) is 125 cm³/mol. The second kappa shape index (κ2) is 10.3. The summed E-state index contributed by atoms with van der Waals surface area (Å²) in [6, 6.07) is 18.4. The van der Waals surface area contributed by atoms with E-state index in [0.29, 0.717) is 12.3 Å². The molecule has 1 saturated heterocycles. The third kappa shape index (κ3) is 5.76. The fraction of sp³-hybridized carbons (Fsp3) is 0.346. The molecule has 1 N–H and O–H groups in total. The van der Waals surface area contributed by atoms with Gasteiger partial charge in [0, 0.05) is 36.0 Å². The lowest BCUT2D eigenvalue weighted by molar-refractivity contribution is 0.0925. The van der Waals surface area contributed by atoms with Gasteiger partial charge in [0.25, 0.3) is 0 Å². The molecule has 0 atom stereocenters. The van der Waals surface area contributed by atoms with Gasteiger partial charge >= 0.3 is 0 Å². The van der Waals surface area contributed by atoms with Gasteiger partial charge in [0.2, 0.25) is 0 Å². The molecule has 31 heavy (non-hydrogen) atoms. The summed E-state index contributed by atoms with van der Waals surface area (Å²) in [5.74, 6) is 1.54. The number of likely N-dealkylation sites (tertiary alicyclic amines) is 1. The SMILES string of the molecule is CCc1cncnc1Nc1ccc(C(=O)CC2CCN(Cc3ccccc3)CC2)cc1. The number of nitrogens with one attached hydrogen (secondary N) is 1. The number of hydrogen-bond acceptors (Lipinski definition) is 5. The smallest absolute Gasteiger partial charge is 0.163 e. The van der Waals surface area contributed by atoms with Crippen LogP contribution in [0.5, 0.6) is 0 Å². The number of anilines is 2. The Kier molecular flexibility index (Phi) is 7.05. The van der Waals surface area contributed by atoms with E-state index in [0.717, 1.165) is 61.5 Å². The first kappa shape index (κ1) is 21.2. The molecule has 4 rings (SSSR count). The highest BCUT2D eigenvalue weighted by molar-refractivity contribution is 5.96. The fourth-order valence-corrected chi connectivity index (χ4v) is 4.18. The highest BCUT2D eigenvalue weighted by atomic mass is 16.1. The minimum Gasteiger partial charge on any atom is -0.340 e. The van der Waals surface area contributed by atoms with Crippen LogP contribution in [-0.2, 0) is 13.0 Å². The van der Waals surface area contributed by atoms with Crippen LogP contribution in [0.3, 0.4) is 0 Å². The van der Waals surface area contributed by atoms with E-state index in [-0.39, 0.29) is 5.78 Å². The van der Waals surface area contributed by atoms with Gasteiger partial charge in [-0.05, 0) is 68.1 Å². The zero-order valence-corrected chi connectivity index (χ0v) is 18.1. The van der Waals surface area contributed by atoms with E-state index in [1.54, 1.807) is 6.33 Å². The van der Waals surface area contributed by atoms with Gasteiger partial charge in [0.05, 0.1) is 0 Å². The van der Waals surface area contributed by atoms with Crippen LogP contribution in [0, 0.1) is 5.92 Å². The average Bonchev–Trinajstić information content (AvgIpc) is 2.82. The third-order valence-electron chi connectivity index (χ3n) is 6.07. The summed E-state index contributed by atoms with van der Waals surface area (Å²) in [5, 5.41) is 3.33. The van der Waals surface area contributed by atoms with Crippen LogP contribution in [-0.4, -0.2) is 33.7 Å². The predicted octanol–water partition coefficient (Wildman–Crippen LogP) is 5.27. The van der Waals surface area contributed by atoms with Crippen LogP contribution in [0.1, 0.15) is 47.7 Å². The number of carbonyl (C=O) groups excluding carboxylic acids is 1. The lowest BCUT2D eigenvalue weighted by Crippen LogP contribution is -2.33. The molecule has 0 amide bonds. The Morgan fingerprint density at radius 1 is 1.06 bits per heavy atom. The highest BCUT2D eigenvalue weighted by Crippen LogP contribution is 2.25. The molecule has 0 spiro atoms. The summed E-state index contributed by atoms with van der Waals surface area (Å²) in [7, 11) is 0. The van der Waals surface area contributed by atoms with Gasteiger partial charge in [-0.15, -0.1) is 0 Å². The van der Waals surface area contributed by atoms with Crippen molar-refractivity contribution in [3.05, 3.63) is 83.8 Å². The molecular formula is C26H30N4O. The number of aryl methyl sites for hydroxylation is 1. The number of Topliss-reactive ketones (excluding diaryl/α,β-unsaturated/α-hetero) is 1. The standard InChI is InChI=1S/C26H30N4O/c1-2-22-17-27-19-28-26(22)29-24-10-8-23(9-11-24)25(31)16-20-12-14-30(15-13-20)18-21-6-4-3-5-7-21/h3-11,17,19-20H,2,12-16,18H2,1H3,(H,27,28,29). The molecule has 1 fully saturated rings. The van der Waals surface area contributed by atoms with Crippen LogP contribution >= 0.6 is 0 Å². The molecule has 0 saturated carbocycles. The minimum absolute atomic E-state index is 0.240. The lowest BCUT2D eigenvalue weighted by atomic mass is 9.89. The maximum Gasteiger partial charge on any atom is 0.163 e. The Bertz CT molecular complexity index is 980. The zero-order chi connectivity index (χ0) is 21.5. The summed E-state index contributed by atoms with van der Waals surface area (Å²) >= 11 is 0. The first-order chi connectivity index (χ1) is 15.2.